The van der Waals surface area contributed by atoms with E-state index in [4.69, 9.17) is 9.84 Å². The standard InChI is InChI=1S/C16H24O3/c17-10-9-16(18)14-7-4-8-15(11-14)19-12-13-5-2-1-3-6-13/h4,7-8,11,13,16-18H,1-3,5-6,9-10,12H2/t16-/m0/s1. The van der Waals surface area contributed by atoms with Crippen LogP contribution in [0.4, 0.5) is 0 Å². The van der Waals surface area contributed by atoms with E-state index in [1.807, 2.05) is 24.3 Å². The molecule has 1 aliphatic carbocycles. The van der Waals surface area contributed by atoms with Crippen LogP contribution in [0.25, 0.3) is 0 Å². The summed E-state index contributed by atoms with van der Waals surface area (Å²) in [7, 11) is 0. The van der Waals surface area contributed by atoms with Crippen LogP contribution < -0.4 is 4.74 Å². The maximum atomic E-state index is 9.85. The molecular weight excluding hydrogens is 240 g/mol. The van der Waals surface area contributed by atoms with Crippen LogP contribution in [0.2, 0.25) is 0 Å². The van der Waals surface area contributed by atoms with Gasteiger partial charge in [0.15, 0.2) is 0 Å². The molecule has 2 N–H and O–H groups in total. The Balaban J connectivity index is 1.87. The minimum absolute atomic E-state index is 0.00563. The second kappa shape index (κ2) is 7.51. The molecular formula is C16H24O3. The average Bonchev–Trinajstić information content (AvgIpc) is 2.47. The zero-order valence-corrected chi connectivity index (χ0v) is 11.4. The molecule has 0 aromatic heterocycles. The third-order valence-electron chi connectivity index (χ3n) is 3.86. The molecule has 0 unspecified atom stereocenters. The summed E-state index contributed by atoms with van der Waals surface area (Å²) in [6.45, 7) is 0.772. The average molecular weight is 264 g/mol. The van der Waals surface area contributed by atoms with Gasteiger partial charge in [0.05, 0.1) is 12.7 Å². The highest BCUT2D eigenvalue weighted by Gasteiger charge is 2.14. The van der Waals surface area contributed by atoms with Gasteiger partial charge in [-0.15, -0.1) is 0 Å². The Hall–Kier alpha value is -1.06. The van der Waals surface area contributed by atoms with E-state index in [1.165, 1.54) is 32.1 Å². The molecule has 1 aliphatic rings. The van der Waals surface area contributed by atoms with Gasteiger partial charge in [-0.1, -0.05) is 31.4 Å². The van der Waals surface area contributed by atoms with Gasteiger partial charge in [0.25, 0.3) is 0 Å². The summed E-state index contributed by atoms with van der Waals surface area (Å²) in [4.78, 5) is 0. The fraction of sp³-hybridized carbons (Fsp3) is 0.625. The fourth-order valence-corrected chi connectivity index (χ4v) is 2.67. The van der Waals surface area contributed by atoms with Gasteiger partial charge in [0.2, 0.25) is 0 Å². The number of aliphatic hydroxyl groups is 2. The van der Waals surface area contributed by atoms with Gasteiger partial charge in [0, 0.05) is 13.0 Å². The van der Waals surface area contributed by atoms with Crippen LogP contribution in [-0.2, 0) is 0 Å². The minimum atomic E-state index is -0.608. The van der Waals surface area contributed by atoms with Gasteiger partial charge in [0.1, 0.15) is 5.75 Å². The van der Waals surface area contributed by atoms with E-state index in [-0.39, 0.29) is 6.61 Å². The largest absolute Gasteiger partial charge is 0.493 e. The van der Waals surface area contributed by atoms with E-state index in [0.717, 1.165) is 17.9 Å². The molecule has 0 bridgehead atoms. The Bertz CT molecular complexity index is 372. The van der Waals surface area contributed by atoms with E-state index < -0.39 is 6.10 Å². The van der Waals surface area contributed by atoms with Crippen LogP contribution in [0, 0.1) is 5.92 Å². The van der Waals surface area contributed by atoms with Crippen molar-refractivity contribution in [2.24, 2.45) is 5.92 Å². The van der Waals surface area contributed by atoms with Crippen LogP contribution in [-0.4, -0.2) is 23.4 Å². The SMILES string of the molecule is OCC[C@H](O)c1cccc(OCC2CCCCC2)c1. The van der Waals surface area contributed by atoms with Gasteiger partial charge in [-0.05, 0) is 36.5 Å². The summed E-state index contributed by atoms with van der Waals surface area (Å²) >= 11 is 0. The molecule has 0 amide bonds. The number of rotatable bonds is 6. The zero-order chi connectivity index (χ0) is 13.5. The Morgan fingerprint density at radius 3 is 2.74 bits per heavy atom. The predicted molar refractivity (Wildman–Crippen MR) is 75.2 cm³/mol. The molecule has 0 aliphatic heterocycles. The molecule has 1 fully saturated rings. The Labute approximate surface area is 115 Å². The lowest BCUT2D eigenvalue weighted by molar-refractivity contribution is 0.133. The van der Waals surface area contributed by atoms with Gasteiger partial charge in [-0.3, -0.25) is 0 Å². The monoisotopic (exact) mass is 264 g/mol. The first-order valence-electron chi connectivity index (χ1n) is 7.31. The van der Waals surface area contributed by atoms with Crippen molar-refractivity contribution in [3.63, 3.8) is 0 Å². The first-order chi connectivity index (χ1) is 9.29. The fourth-order valence-electron chi connectivity index (χ4n) is 2.67. The first kappa shape index (κ1) is 14.4. The van der Waals surface area contributed by atoms with Crippen LogP contribution in [0.1, 0.15) is 50.2 Å². The third-order valence-corrected chi connectivity index (χ3v) is 3.86. The molecule has 3 heteroatoms. The number of aliphatic hydroxyl groups excluding tert-OH is 2. The van der Waals surface area contributed by atoms with E-state index in [0.29, 0.717) is 12.3 Å². The van der Waals surface area contributed by atoms with Crippen molar-refractivity contribution in [3.8, 4) is 5.75 Å². The predicted octanol–water partition coefficient (Wildman–Crippen LogP) is 3.06. The van der Waals surface area contributed by atoms with Crippen LogP contribution in [0.5, 0.6) is 5.75 Å². The topological polar surface area (TPSA) is 49.7 Å². The summed E-state index contributed by atoms with van der Waals surface area (Å²) in [5.41, 5.74) is 0.815. The van der Waals surface area contributed by atoms with Crippen molar-refractivity contribution in [3.05, 3.63) is 29.8 Å². The molecule has 0 spiro atoms. The molecule has 0 radical (unpaired) electrons. The third kappa shape index (κ3) is 4.51. The van der Waals surface area contributed by atoms with Crippen LogP contribution in [0.3, 0.4) is 0 Å². The maximum Gasteiger partial charge on any atom is 0.119 e. The van der Waals surface area contributed by atoms with Crippen molar-refractivity contribution in [2.45, 2.75) is 44.6 Å². The Kier molecular flexibility index (Phi) is 5.67. The Morgan fingerprint density at radius 1 is 1.21 bits per heavy atom. The first-order valence-corrected chi connectivity index (χ1v) is 7.31. The molecule has 1 aromatic rings. The molecule has 1 atom stereocenters. The van der Waals surface area contributed by atoms with Crippen molar-refractivity contribution >= 4 is 0 Å². The molecule has 1 aromatic carbocycles. The van der Waals surface area contributed by atoms with Crippen molar-refractivity contribution in [1.82, 2.24) is 0 Å². The summed E-state index contributed by atoms with van der Waals surface area (Å²) < 4.78 is 5.84. The molecule has 0 saturated heterocycles. The van der Waals surface area contributed by atoms with E-state index in [9.17, 15) is 5.11 Å². The smallest absolute Gasteiger partial charge is 0.119 e. The molecule has 3 nitrogen and oxygen atoms in total. The van der Waals surface area contributed by atoms with E-state index in [1.54, 1.807) is 0 Å². The van der Waals surface area contributed by atoms with Gasteiger partial charge in [-0.25, -0.2) is 0 Å². The summed E-state index contributed by atoms with van der Waals surface area (Å²) in [5.74, 6) is 1.50. The van der Waals surface area contributed by atoms with Crippen molar-refractivity contribution in [1.29, 1.82) is 0 Å². The van der Waals surface area contributed by atoms with Gasteiger partial charge in [-0.2, -0.15) is 0 Å². The quantitative estimate of drug-likeness (QED) is 0.830. The molecule has 1 saturated carbocycles. The van der Waals surface area contributed by atoms with Gasteiger partial charge >= 0.3 is 0 Å². The summed E-state index contributed by atoms with van der Waals surface area (Å²) in [5, 5.41) is 18.7. The molecule has 2 rings (SSSR count). The highest BCUT2D eigenvalue weighted by molar-refractivity contribution is 5.29. The molecule has 0 heterocycles. The maximum absolute atomic E-state index is 9.85. The van der Waals surface area contributed by atoms with Crippen molar-refractivity contribution < 1.29 is 14.9 Å². The number of hydrogen-bond acceptors (Lipinski definition) is 3. The minimum Gasteiger partial charge on any atom is -0.493 e. The number of ether oxygens (including phenoxy) is 1. The van der Waals surface area contributed by atoms with Crippen LogP contribution in [0.15, 0.2) is 24.3 Å². The highest BCUT2D eigenvalue weighted by atomic mass is 16.5. The molecule has 106 valence electrons. The Morgan fingerprint density at radius 2 is 2.00 bits per heavy atom. The van der Waals surface area contributed by atoms with Gasteiger partial charge < -0.3 is 14.9 Å². The zero-order valence-electron chi connectivity index (χ0n) is 11.4. The van der Waals surface area contributed by atoms with Crippen LogP contribution >= 0.6 is 0 Å². The second-order valence-corrected chi connectivity index (χ2v) is 5.42. The van der Waals surface area contributed by atoms with Crippen molar-refractivity contribution in [2.75, 3.05) is 13.2 Å². The lowest BCUT2D eigenvalue weighted by atomic mass is 9.90. The number of hydrogen-bond donors (Lipinski definition) is 2. The van der Waals surface area contributed by atoms with E-state index in [2.05, 4.69) is 0 Å². The lowest BCUT2D eigenvalue weighted by Crippen LogP contribution is -2.15. The summed E-state index contributed by atoms with van der Waals surface area (Å²) in [6.07, 6.45) is 6.31. The number of benzene rings is 1. The normalized spacial score (nSPS) is 18.2. The lowest BCUT2D eigenvalue weighted by Gasteiger charge is -2.22. The second-order valence-electron chi connectivity index (χ2n) is 5.42. The summed E-state index contributed by atoms with van der Waals surface area (Å²) in [6, 6.07) is 7.57. The highest BCUT2D eigenvalue weighted by Crippen LogP contribution is 2.26. The molecule has 19 heavy (non-hydrogen) atoms. The van der Waals surface area contributed by atoms with E-state index >= 15 is 0 Å².